The molecule has 1 aromatic heterocycles. The highest BCUT2D eigenvalue weighted by Crippen LogP contribution is 2.04. The van der Waals surface area contributed by atoms with Gasteiger partial charge in [-0.25, -0.2) is 0 Å². The number of hydrogen-bond acceptors (Lipinski definition) is 5. The van der Waals surface area contributed by atoms with Crippen LogP contribution >= 0.6 is 0 Å². The van der Waals surface area contributed by atoms with E-state index in [-0.39, 0.29) is 0 Å². The maximum atomic E-state index is 8.43. The molecule has 5 nitrogen and oxygen atoms in total. The molecule has 17 heavy (non-hydrogen) atoms. The number of nitrogens with zero attached hydrogens (tertiary/aromatic N) is 4. The first-order valence-electron chi connectivity index (χ1n) is 6.20. The maximum Gasteiger partial charge on any atom is 0.226 e. The molecule has 5 heteroatoms. The molecule has 0 saturated carbocycles. The Morgan fingerprint density at radius 2 is 2.06 bits per heavy atom. The second kappa shape index (κ2) is 7.80. The second-order valence-electron chi connectivity index (χ2n) is 3.89. The fraction of sp³-hybridized carbons (Fsp3) is 0.750. The normalized spacial score (nSPS) is 10.7. The van der Waals surface area contributed by atoms with Crippen LogP contribution in [0.1, 0.15) is 38.4 Å². The molecule has 0 saturated heterocycles. The van der Waals surface area contributed by atoms with Gasteiger partial charge in [0.25, 0.3) is 0 Å². The summed E-state index contributed by atoms with van der Waals surface area (Å²) in [5, 5.41) is 12.4. The van der Waals surface area contributed by atoms with E-state index in [9.17, 15) is 0 Å². The summed E-state index contributed by atoms with van der Waals surface area (Å²) in [6, 6.07) is 2.10. The Balaban J connectivity index is 2.33. The van der Waals surface area contributed by atoms with Gasteiger partial charge in [0.1, 0.15) is 0 Å². The summed E-state index contributed by atoms with van der Waals surface area (Å²) in [6.07, 6.45) is 2.85. The first-order valence-corrected chi connectivity index (χ1v) is 6.20. The molecule has 0 aliphatic rings. The van der Waals surface area contributed by atoms with Crippen molar-refractivity contribution in [2.45, 2.75) is 39.5 Å². The molecule has 0 radical (unpaired) electrons. The fourth-order valence-electron chi connectivity index (χ4n) is 1.61. The number of nitriles is 1. The van der Waals surface area contributed by atoms with Crippen LogP contribution in [0.25, 0.3) is 0 Å². The van der Waals surface area contributed by atoms with Crippen LogP contribution in [-0.2, 0) is 12.8 Å². The van der Waals surface area contributed by atoms with E-state index in [0.29, 0.717) is 18.7 Å². The van der Waals surface area contributed by atoms with E-state index >= 15 is 0 Å². The lowest BCUT2D eigenvalue weighted by molar-refractivity contribution is 0.302. The van der Waals surface area contributed by atoms with Crippen molar-refractivity contribution in [3.63, 3.8) is 0 Å². The topological polar surface area (TPSA) is 66.0 Å². The third-order valence-corrected chi connectivity index (χ3v) is 2.74. The van der Waals surface area contributed by atoms with Crippen LogP contribution in [0.3, 0.4) is 0 Å². The average molecular weight is 236 g/mol. The van der Waals surface area contributed by atoms with E-state index in [4.69, 9.17) is 9.78 Å². The number of aromatic nitrogens is 2. The number of likely N-dealkylation sites (N-methyl/N-ethyl adjacent to an activating group) is 1. The quantitative estimate of drug-likeness (QED) is 0.644. The van der Waals surface area contributed by atoms with Gasteiger partial charge in [-0.1, -0.05) is 19.0 Å². The Hall–Kier alpha value is -1.41. The van der Waals surface area contributed by atoms with Crippen molar-refractivity contribution in [3.05, 3.63) is 11.7 Å². The smallest absolute Gasteiger partial charge is 0.226 e. The van der Waals surface area contributed by atoms with E-state index in [1.54, 1.807) is 0 Å². The summed E-state index contributed by atoms with van der Waals surface area (Å²) in [7, 11) is 0. The van der Waals surface area contributed by atoms with Crippen molar-refractivity contribution in [2.24, 2.45) is 0 Å². The van der Waals surface area contributed by atoms with Gasteiger partial charge in [0.15, 0.2) is 5.82 Å². The Morgan fingerprint density at radius 1 is 1.29 bits per heavy atom. The molecular formula is C12H20N4O. The second-order valence-corrected chi connectivity index (χ2v) is 3.89. The van der Waals surface area contributed by atoms with E-state index < -0.39 is 0 Å². The summed E-state index contributed by atoms with van der Waals surface area (Å²) in [5.74, 6) is 1.42. The summed E-state index contributed by atoms with van der Waals surface area (Å²) < 4.78 is 5.12. The largest absolute Gasteiger partial charge is 0.339 e. The summed E-state index contributed by atoms with van der Waals surface area (Å²) in [4.78, 5) is 6.63. The molecule has 0 N–H and O–H groups in total. The zero-order valence-electron chi connectivity index (χ0n) is 10.6. The fourth-order valence-corrected chi connectivity index (χ4v) is 1.61. The molecule has 0 spiro atoms. The number of rotatable bonds is 8. The van der Waals surface area contributed by atoms with E-state index in [0.717, 1.165) is 38.3 Å². The summed E-state index contributed by atoms with van der Waals surface area (Å²) in [5.41, 5.74) is 0. The third kappa shape index (κ3) is 4.96. The lowest BCUT2D eigenvalue weighted by Gasteiger charge is -2.16. The Morgan fingerprint density at radius 3 is 2.71 bits per heavy atom. The van der Waals surface area contributed by atoms with Crippen molar-refractivity contribution < 1.29 is 4.52 Å². The molecule has 0 aliphatic heterocycles. The molecule has 94 valence electrons. The van der Waals surface area contributed by atoms with Gasteiger partial charge >= 0.3 is 0 Å². The van der Waals surface area contributed by atoms with Crippen molar-refractivity contribution in [1.82, 2.24) is 15.0 Å². The minimum atomic E-state index is 0.539. The molecule has 1 heterocycles. The minimum absolute atomic E-state index is 0.539. The van der Waals surface area contributed by atoms with Gasteiger partial charge < -0.3 is 9.42 Å². The predicted octanol–water partition coefficient (Wildman–Crippen LogP) is 1.80. The Bertz CT molecular complexity index is 352. The molecule has 0 fully saturated rings. The lowest BCUT2D eigenvalue weighted by Crippen LogP contribution is -2.25. The van der Waals surface area contributed by atoms with Crippen molar-refractivity contribution >= 4 is 0 Å². The summed E-state index contributed by atoms with van der Waals surface area (Å²) >= 11 is 0. The molecule has 0 aliphatic carbocycles. The Labute approximate surface area is 102 Å². The third-order valence-electron chi connectivity index (χ3n) is 2.74. The standard InChI is InChI=1S/C12H20N4O/c1-3-16(4-2)10-8-11-14-12(17-15-11)7-5-6-9-13/h3-8,10H2,1-2H3. The molecular weight excluding hydrogens is 216 g/mol. The van der Waals surface area contributed by atoms with Gasteiger partial charge in [-0.3, -0.25) is 0 Å². The van der Waals surface area contributed by atoms with Gasteiger partial charge in [0.2, 0.25) is 5.89 Å². The van der Waals surface area contributed by atoms with E-state index in [1.807, 2.05) is 0 Å². The van der Waals surface area contributed by atoms with Crippen molar-refractivity contribution in [2.75, 3.05) is 19.6 Å². The highest BCUT2D eigenvalue weighted by atomic mass is 16.5. The first kappa shape index (κ1) is 13.7. The zero-order valence-corrected chi connectivity index (χ0v) is 10.6. The Kier molecular flexibility index (Phi) is 6.26. The highest BCUT2D eigenvalue weighted by Gasteiger charge is 2.07. The summed E-state index contributed by atoms with van der Waals surface area (Å²) in [6.45, 7) is 7.34. The molecule has 0 atom stereocenters. The van der Waals surface area contributed by atoms with Gasteiger partial charge in [-0.2, -0.15) is 10.2 Å². The SMILES string of the molecule is CCN(CC)CCc1noc(CCCC#N)n1. The zero-order chi connectivity index (χ0) is 12.5. The van der Waals surface area contributed by atoms with Crippen LogP contribution in [-0.4, -0.2) is 34.7 Å². The predicted molar refractivity (Wildman–Crippen MR) is 64.3 cm³/mol. The number of hydrogen-bond donors (Lipinski definition) is 0. The van der Waals surface area contributed by atoms with Gasteiger partial charge in [-0.05, 0) is 19.5 Å². The lowest BCUT2D eigenvalue weighted by atomic mass is 10.2. The average Bonchev–Trinajstić information content (AvgIpc) is 2.79. The van der Waals surface area contributed by atoms with Crippen LogP contribution in [0.15, 0.2) is 4.52 Å². The monoisotopic (exact) mass is 236 g/mol. The molecule has 0 aromatic carbocycles. The van der Waals surface area contributed by atoms with E-state index in [1.165, 1.54) is 0 Å². The van der Waals surface area contributed by atoms with Crippen LogP contribution < -0.4 is 0 Å². The maximum absolute atomic E-state index is 8.43. The van der Waals surface area contributed by atoms with Gasteiger partial charge in [0.05, 0.1) is 6.07 Å². The molecule has 0 amide bonds. The van der Waals surface area contributed by atoms with Crippen LogP contribution in [0.2, 0.25) is 0 Å². The molecule has 1 rings (SSSR count). The van der Waals surface area contributed by atoms with Crippen molar-refractivity contribution in [1.29, 1.82) is 5.26 Å². The number of unbranched alkanes of at least 4 members (excludes halogenated alkanes) is 1. The highest BCUT2D eigenvalue weighted by molar-refractivity contribution is 4.88. The molecule has 0 bridgehead atoms. The van der Waals surface area contributed by atoms with Crippen LogP contribution in [0, 0.1) is 11.3 Å². The van der Waals surface area contributed by atoms with Gasteiger partial charge in [0, 0.05) is 25.8 Å². The van der Waals surface area contributed by atoms with Crippen LogP contribution in [0.5, 0.6) is 0 Å². The first-order chi connectivity index (χ1) is 8.30. The van der Waals surface area contributed by atoms with Crippen LogP contribution in [0.4, 0.5) is 0 Å². The molecule has 0 unspecified atom stereocenters. The van der Waals surface area contributed by atoms with Crippen molar-refractivity contribution in [3.8, 4) is 6.07 Å². The van der Waals surface area contributed by atoms with E-state index in [2.05, 4.69) is 35.0 Å². The molecule has 1 aromatic rings. The number of aryl methyl sites for hydroxylation is 1. The van der Waals surface area contributed by atoms with Gasteiger partial charge in [-0.15, -0.1) is 0 Å². The minimum Gasteiger partial charge on any atom is -0.339 e.